The van der Waals surface area contributed by atoms with Crippen LogP contribution in [0.15, 0.2) is 71.9 Å². The van der Waals surface area contributed by atoms with Gasteiger partial charge in [0.1, 0.15) is 35.4 Å². The summed E-state index contributed by atoms with van der Waals surface area (Å²) in [5, 5.41) is 17.1. The van der Waals surface area contributed by atoms with E-state index in [2.05, 4.69) is 10.6 Å². The van der Waals surface area contributed by atoms with E-state index in [-0.39, 0.29) is 23.6 Å². The number of methoxy groups -OCH3 is 1. The van der Waals surface area contributed by atoms with Crippen LogP contribution in [0.25, 0.3) is 0 Å². The van der Waals surface area contributed by atoms with Gasteiger partial charge in [-0.3, -0.25) is 4.79 Å². The molecule has 186 valence electrons. The van der Waals surface area contributed by atoms with Crippen LogP contribution < -0.4 is 20.1 Å². The zero-order valence-corrected chi connectivity index (χ0v) is 20.5. The topological polar surface area (TPSA) is 79.8 Å². The Bertz CT molecular complexity index is 1370. The maximum absolute atomic E-state index is 15.6. The molecule has 0 saturated carbocycles. The van der Waals surface area contributed by atoms with Crippen LogP contribution in [0.3, 0.4) is 0 Å². The smallest absolute Gasteiger partial charge is 0.163 e. The first-order chi connectivity index (χ1) is 17.3. The van der Waals surface area contributed by atoms with Gasteiger partial charge in [0.2, 0.25) is 0 Å². The number of nitrogens with one attached hydrogen (secondary N) is 2. The van der Waals surface area contributed by atoms with Gasteiger partial charge in [-0.25, -0.2) is 4.39 Å². The average molecular weight is 489 g/mol. The third-order valence-corrected chi connectivity index (χ3v) is 6.70. The zero-order chi connectivity index (χ0) is 25.4. The van der Waals surface area contributed by atoms with Crippen LogP contribution in [0, 0.1) is 11.2 Å². The van der Waals surface area contributed by atoms with E-state index >= 15 is 4.39 Å². The highest BCUT2D eigenvalue weighted by molar-refractivity contribution is 6.01. The number of carbonyl (C=O) groups is 1. The van der Waals surface area contributed by atoms with Gasteiger partial charge in [-0.2, -0.15) is 0 Å². The number of phenolic OH excluding ortho intramolecular Hbond substituents is 1. The number of Topliss-reactive ketones (excluding diaryl/α,β-unsaturated/α-hetero) is 1. The molecule has 0 fully saturated rings. The normalized spacial score (nSPS) is 18.3. The number of carbonyl (C=O) groups excluding carboxylic acids is 1. The molecule has 36 heavy (non-hydrogen) atoms. The van der Waals surface area contributed by atoms with Gasteiger partial charge in [0.25, 0.3) is 0 Å². The molecule has 1 aliphatic carbocycles. The number of anilines is 2. The van der Waals surface area contributed by atoms with Crippen LogP contribution in [0.5, 0.6) is 17.2 Å². The minimum atomic E-state index is -0.720. The fourth-order valence-electron chi connectivity index (χ4n) is 5.00. The summed E-state index contributed by atoms with van der Waals surface area (Å²) in [5.74, 6) is 0.596. The number of hydrogen-bond donors (Lipinski definition) is 3. The van der Waals surface area contributed by atoms with Crippen LogP contribution in [0.2, 0.25) is 0 Å². The standard InChI is InChI=1S/C29H29FN2O4/c1-29(2)14-22-26(24(34)15-29)27(31-21-8-6-9-23(33)28(21)32-22)19-12-11-18(13-20(19)30)36-16-17-7-4-5-10-25(17)35-3/h4-13,27,31-33H,14-16H2,1-3H3. The van der Waals surface area contributed by atoms with Gasteiger partial charge in [-0.05, 0) is 42.2 Å². The van der Waals surface area contributed by atoms with Crippen molar-refractivity contribution in [3.63, 3.8) is 0 Å². The number of fused-ring (bicyclic) bond motifs is 1. The van der Waals surface area contributed by atoms with E-state index in [1.807, 2.05) is 38.1 Å². The Morgan fingerprint density at radius 2 is 1.89 bits per heavy atom. The maximum atomic E-state index is 15.6. The minimum Gasteiger partial charge on any atom is -0.506 e. The van der Waals surface area contributed by atoms with Crippen molar-refractivity contribution in [2.75, 3.05) is 17.7 Å². The Kier molecular flexibility index (Phi) is 6.08. The van der Waals surface area contributed by atoms with E-state index in [0.29, 0.717) is 52.5 Å². The summed E-state index contributed by atoms with van der Waals surface area (Å²) in [5.41, 5.74) is 3.19. The van der Waals surface area contributed by atoms with Gasteiger partial charge < -0.3 is 25.2 Å². The lowest BCUT2D eigenvalue weighted by molar-refractivity contribution is -0.118. The molecule has 0 radical (unpaired) electrons. The highest BCUT2D eigenvalue weighted by Crippen LogP contribution is 2.47. The SMILES string of the molecule is COc1ccccc1COc1ccc(C2Nc3cccc(O)c3NC3=C2C(=O)CC(C)(C)C3)c(F)c1. The van der Waals surface area contributed by atoms with Crippen LogP contribution in [-0.4, -0.2) is 18.0 Å². The van der Waals surface area contributed by atoms with Crippen LogP contribution >= 0.6 is 0 Å². The van der Waals surface area contributed by atoms with Gasteiger partial charge in [0, 0.05) is 34.9 Å². The van der Waals surface area contributed by atoms with E-state index < -0.39 is 11.9 Å². The fraction of sp³-hybridized carbons (Fsp3) is 0.276. The monoisotopic (exact) mass is 488 g/mol. The molecule has 0 amide bonds. The quantitative estimate of drug-likeness (QED) is 0.364. The molecule has 1 atom stereocenters. The van der Waals surface area contributed by atoms with Crippen molar-refractivity contribution >= 4 is 17.2 Å². The highest BCUT2D eigenvalue weighted by Gasteiger charge is 2.39. The molecule has 7 heteroatoms. The Balaban J connectivity index is 1.50. The van der Waals surface area contributed by atoms with Gasteiger partial charge >= 0.3 is 0 Å². The molecule has 1 heterocycles. The van der Waals surface area contributed by atoms with Crippen LogP contribution in [0.1, 0.15) is 43.9 Å². The molecule has 1 aliphatic heterocycles. The summed E-state index contributed by atoms with van der Waals surface area (Å²) in [6.07, 6.45) is 0.956. The number of allylic oxidation sites excluding steroid dienone is 1. The lowest BCUT2D eigenvalue weighted by Gasteiger charge is -2.34. The Morgan fingerprint density at radius 3 is 2.67 bits per heavy atom. The maximum Gasteiger partial charge on any atom is 0.163 e. The lowest BCUT2D eigenvalue weighted by atomic mass is 9.73. The first-order valence-corrected chi connectivity index (χ1v) is 11.9. The minimum absolute atomic E-state index is 0.0468. The summed E-state index contributed by atoms with van der Waals surface area (Å²) < 4.78 is 26.8. The highest BCUT2D eigenvalue weighted by atomic mass is 19.1. The average Bonchev–Trinajstić information content (AvgIpc) is 3.00. The number of phenols is 1. The molecule has 0 saturated heterocycles. The number of para-hydroxylation sites is 2. The van der Waals surface area contributed by atoms with E-state index in [1.165, 1.54) is 6.07 Å². The number of ether oxygens (including phenoxy) is 2. The van der Waals surface area contributed by atoms with Crippen LogP contribution in [0.4, 0.5) is 15.8 Å². The van der Waals surface area contributed by atoms with Crippen molar-refractivity contribution in [2.45, 2.75) is 39.3 Å². The number of halogens is 1. The number of hydrogen-bond acceptors (Lipinski definition) is 6. The first kappa shape index (κ1) is 23.7. The first-order valence-electron chi connectivity index (χ1n) is 11.9. The molecule has 3 aromatic carbocycles. The second-order valence-electron chi connectivity index (χ2n) is 10.0. The molecule has 3 aromatic rings. The summed E-state index contributed by atoms with van der Waals surface area (Å²) in [6.45, 7) is 4.29. The van der Waals surface area contributed by atoms with E-state index in [4.69, 9.17) is 9.47 Å². The Labute approximate surface area is 209 Å². The molecule has 0 spiro atoms. The molecule has 5 rings (SSSR count). The molecule has 3 N–H and O–H groups in total. The zero-order valence-electron chi connectivity index (χ0n) is 20.5. The number of aromatic hydroxyl groups is 1. The van der Waals surface area contributed by atoms with Gasteiger partial charge in [0.15, 0.2) is 5.78 Å². The number of benzene rings is 3. The third-order valence-electron chi connectivity index (χ3n) is 6.70. The van der Waals surface area contributed by atoms with E-state index in [0.717, 1.165) is 5.56 Å². The van der Waals surface area contributed by atoms with Gasteiger partial charge in [0.05, 0.1) is 18.8 Å². The molecule has 2 aliphatic rings. The number of ketones is 1. The van der Waals surface area contributed by atoms with Crippen molar-refractivity contribution in [3.8, 4) is 17.2 Å². The van der Waals surface area contributed by atoms with Gasteiger partial charge in [-0.15, -0.1) is 0 Å². The molecular formula is C29H29FN2O4. The van der Waals surface area contributed by atoms with Gasteiger partial charge in [-0.1, -0.05) is 38.1 Å². The predicted molar refractivity (Wildman–Crippen MR) is 137 cm³/mol. The fourth-order valence-corrected chi connectivity index (χ4v) is 5.00. The van der Waals surface area contributed by atoms with Crippen molar-refractivity contribution in [3.05, 3.63) is 88.9 Å². The number of rotatable bonds is 5. The van der Waals surface area contributed by atoms with Crippen LogP contribution in [-0.2, 0) is 11.4 Å². The summed E-state index contributed by atoms with van der Waals surface area (Å²) in [6, 6.07) is 16.6. The lowest BCUT2D eigenvalue weighted by Crippen LogP contribution is -2.31. The Hall–Kier alpha value is -4.00. The molecule has 0 aromatic heterocycles. The predicted octanol–water partition coefficient (Wildman–Crippen LogP) is 6.34. The summed E-state index contributed by atoms with van der Waals surface area (Å²) >= 11 is 0. The molecular weight excluding hydrogens is 459 g/mol. The third kappa shape index (κ3) is 4.49. The van der Waals surface area contributed by atoms with Crippen molar-refractivity contribution in [1.82, 2.24) is 0 Å². The van der Waals surface area contributed by atoms with Crippen molar-refractivity contribution in [1.29, 1.82) is 0 Å². The summed E-state index contributed by atoms with van der Waals surface area (Å²) in [7, 11) is 1.59. The molecule has 6 nitrogen and oxygen atoms in total. The van der Waals surface area contributed by atoms with Crippen molar-refractivity contribution in [2.24, 2.45) is 5.41 Å². The van der Waals surface area contributed by atoms with E-state index in [1.54, 1.807) is 37.4 Å². The largest absolute Gasteiger partial charge is 0.506 e. The molecule has 0 bridgehead atoms. The second-order valence-corrected chi connectivity index (χ2v) is 10.0. The van der Waals surface area contributed by atoms with Crippen molar-refractivity contribution < 1.29 is 23.8 Å². The molecule has 1 unspecified atom stereocenters. The second kappa shape index (κ2) is 9.22. The Morgan fingerprint density at radius 1 is 1.08 bits per heavy atom. The summed E-state index contributed by atoms with van der Waals surface area (Å²) in [4.78, 5) is 13.4. The van der Waals surface area contributed by atoms with E-state index in [9.17, 15) is 9.90 Å².